The average molecular weight is 269 g/mol. The van der Waals surface area contributed by atoms with E-state index in [1.807, 2.05) is 20.8 Å². The average Bonchev–Trinajstić information content (AvgIpc) is 2.81. The Labute approximate surface area is 113 Å². The molecule has 0 saturated carbocycles. The van der Waals surface area contributed by atoms with E-state index in [0.29, 0.717) is 31.1 Å². The maximum Gasteiger partial charge on any atom is 0.232 e. The Morgan fingerprint density at radius 1 is 1.32 bits per heavy atom. The molecule has 2 heterocycles. The third kappa shape index (κ3) is 3.52. The number of aromatic nitrogens is 2. The summed E-state index contributed by atoms with van der Waals surface area (Å²) in [6, 6.07) is 0. The molecule has 1 aromatic heterocycles. The second-order valence-electron chi connectivity index (χ2n) is 6.42. The fourth-order valence-electron chi connectivity index (χ4n) is 2.11. The highest BCUT2D eigenvalue weighted by atomic mass is 16.5. The molecular weight excluding hydrogens is 246 g/mol. The summed E-state index contributed by atoms with van der Waals surface area (Å²) in [7, 11) is 0. The highest BCUT2D eigenvalue weighted by molar-refractivity contribution is 4.98. The lowest BCUT2D eigenvalue weighted by atomic mass is 9.92. The zero-order valence-electron chi connectivity index (χ0n) is 11.9. The number of hydrogen-bond donors (Lipinski definition) is 2. The second kappa shape index (κ2) is 5.19. The molecule has 1 fully saturated rings. The third-order valence-corrected chi connectivity index (χ3v) is 3.56. The summed E-state index contributed by atoms with van der Waals surface area (Å²) in [5, 5.41) is 23.1. The van der Waals surface area contributed by atoms with E-state index < -0.39 is 5.60 Å². The number of likely N-dealkylation sites (tertiary alicyclic amines) is 1. The van der Waals surface area contributed by atoms with Crippen molar-refractivity contribution >= 4 is 0 Å². The Kier molecular flexibility index (Phi) is 3.94. The van der Waals surface area contributed by atoms with Gasteiger partial charge in [-0.05, 0) is 12.8 Å². The highest BCUT2D eigenvalue weighted by Crippen LogP contribution is 2.23. The van der Waals surface area contributed by atoms with Gasteiger partial charge in [0.15, 0.2) is 5.82 Å². The molecule has 0 amide bonds. The number of hydrogen-bond acceptors (Lipinski definition) is 6. The summed E-state index contributed by atoms with van der Waals surface area (Å²) < 4.78 is 5.26. The number of piperidine rings is 1. The molecular formula is C13H23N3O3. The Bertz CT molecular complexity index is 417. The molecule has 1 aliphatic rings. The normalized spacial score (nSPS) is 20.7. The van der Waals surface area contributed by atoms with Crippen molar-refractivity contribution in [2.45, 2.75) is 51.2 Å². The van der Waals surface area contributed by atoms with Crippen LogP contribution in [0.2, 0.25) is 0 Å². The predicted octanol–water partition coefficient (Wildman–Crippen LogP) is 0.686. The molecule has 1 aromatic rings. The van der Waals surface area contributed by atoms with Crippen molar-refractivity contribution in [3.05, 3.63) is 11.7 Å². The molecule has 0 radical (unpaired) electrons. The van der Waals surface area contributed by atoms with Crippen LogP contribution < -0.4 is 0 Å². The first-order valence-corrected chi connectivity index (χ1v) is 6.71. The minimum Gasteiger partial charge on any atom is -0.393 e. The van der Waals surface area contributed by atoms with Gasteiger partial charge in [-0.15, -0.1) is 0 Å². The lowest BCUT2D eigenvalue weighted by Crippen LogP contribution is -2.46. The first-order valence-electron chi connectivity index (χ1n) is 6.71. The van der Waals surface area contributed by atoms with Gasteiger partial charge in [0.1, 0.15) is 0 Å². The van der Waals surface area contributed by atoms with Crippen molar-refractivity contribution < 1.29 is 14.7 Å². The van der Waals surface area contributed by atoms with Crippen molar-refractivity contribution in [2.75, 3.05) is 19.7 Å². The van der Waals surface area contributed by atoms with E-state index in [9.17, 15) is 5.11 Å². The van der Waals surface area contributed by atoms with Gasteiger partial charge in [-0.1, -0.05) is 25.9 Å². The molecule has 2 N–H and O–H groups in total. The first kappa shape index (κ1) is 14.4. The van der Waals surface area contributed by atoms with E-state index in [2.05, 4.69) is 15.0 Å². The van der Waals surface area contributed by atoms with Crippen LogP contribution in [0.1, 0.15) is 45.3 Å². The van der Waals surface area contributed by atoms with Gasteiger partial charge in [-0.2, -0.15) is 4.98 Å². The Hall–Kier alpha value is -0.980. The SMILES string of the molecule is CC(C)(C)c1nc(CN2CCC(O)(CO)CC2)no1. The van der Waals surface area contributed by atoms with Gasteiger partial charge >= 0.3 is 0 Å². The van der Waals surface area contributed by atoms with Crippen molar-refractivity contribution in [1.29, 1.82) is 0 Å². The van der Waals surface area contributed by atoms with Crippen molar-refractivity contribution in [1.82, 2.24) is 15.0 Å². The molecule has 19 heavy (non-hydrogen) atoms. The molecule has 108 valence electrons. The minimum atomic E-state index is -0.912. The summed E-state index contributed by atoms with van der Waals surface area (Å²) in [6.45, 7) is 8.02. The summed E-state index contributed by atoms with van der Waals surface area (Å²) in [5.74, 6) is 1.32. The fraction of sp³-hybridized carbons (Fsp3) is 0.846. The Morgan fingerprint density at radius 3 is 2.42 bits per heavy atom. The molecule has 0 unspecified atom stereocenters. The lowest BCUT2D eigenvalue weighted by molar-refractivity contribution is -0.0610. The Morgan fingerprint density at radius 2 is 1.95 bits per heavy atom. The number of aliphatic hydroxyl groups excluding tert-OH is 1. The molecule has 0 aliphatic carbocycles. The van der Waals surface area contributed by atoms with E-state index in [-0.39, 0.29) is 12.0 Å². The van der Waals surface area contributed by atoms with Gasteiger partial charge in [0, 0.05) is 18.5 Å². The summed E-state index contributed by atoms with van der Waals surface area (Å²) in [5.41, 5.74) is -1.05. The van der Waals surface area contributed by atoms with Crippen LogP contribution in [-0.4, -0.2) is 50.6 Å². The maximum atomic E-state index is 9.95. The van der Waals surface area contributed by atoms with Crippen LogP contribution in [0.5, 0.6) is 0 Å². The van der Waals surface area contributed by atoms with Crippen LogP contribution in [0.25, 0.3) is 0 Å². The van der Waals surface area contributed by atoms with E-state index in [1.165, 1.54) is 0 Å². The molecule has 2 rings (SSSR count). The van der Waals surface area contributed by atoms with Gasteiger partial charge in [-0.3, -0.25) is 4.90 Å². The van der Waals surface area contributed by atoms with Gasteiger partial charge in [0.25, 0.3) is 0 Å². The standard InChI is InChI=1S/C13H23N3O3/c1-12(2,3)11-14-10(15-19-11)8-16-6-4-13(18,9-17)5-7-16/h17-18H,4-9H2,1-3H3. The van der Waals surface area contributed by atoms with Crippen LogP contribution in [0, 0.1) is 0 Å². The Balaban J connectivity index is 1.91. The highest BCUT2D eigenvalue weighted by Gasteiger charge is 2.32. The quantitative estimate of drug-likeness (QED) is 0.840. The van der Waals surface area contributed by atoms with E-state index in [0.717, 1.165) is 13.1 Å². The summed E-state index contributed by atoms with van der Waals surface area (Å²) in [6.07, 6.45) is 1.15. The predicted molar refractivity (Wildman–Crippen MR) is 69.5 cm³/mol. The van der Waals surface area contributed by atoms with E-state index in [4.69, 9.17) is 9.63 Å². The topological polar surface area (TPSA) is 82.6 Å². The van der Waals surface area contributed by atoms with Crippen LogP contribution in [0.4, 0.5) is 0 Å². The molecule has 0 bridgehead atoms. The van der Waals surface area contributed by atoms with Crippen LogP contribution in [0.15, 0.2) is 4.52 Å². The third-order valence-electron chi connectivity index (χ3n) is 3.56. The zero-order valence-corrected chi connectivity index (χ0v) is 11.9. The molecule has 6 heteroatoms. The molecule has 1 aliphatic heterocycles. The molecule has 1 saturated heterocycles. The van der Waals surface area contributed by atoms with Gasteiger partial charge in [0.05, 0.1) is 18.8 Å². The molecule has 6 nitrogen and oxygen atoms in total. The number of nitrogens with zero attached hydrogens (tertiary/aromatic N) is 3. The lowest BCUT2D eigenvalue weighted by Gasteiger charge is -2.36. The maximum absolute atomic E-state index is 9.95. The second-order valence-corrected chi connectivity index (χ2v) is 6.42. The van der Waals surface area contributed by atoms with Crippen LogP contribution in [-0.2, 0) is 12.0 Å². The number of aliphatic hydroxyl groups is 2. The zero-order chi connectivity index (χ0) is 14.1. The van der Waals surface area contributed by atoms with Crippen molar-refractivity contribution in [2.24, 2.45) is 0 Å². The van der Waals surface area contributed by atoms with Gasteiger partial charge in [0.2, 0.25) is 5.89 Å². The van der Waals surface area contributed by atoms with Crippen LogP contribution in [0.3, 0.4) is 0 Å². The van der Waals surface area contributed by atoms with E-state index >= 15 is 0 Å². The minimum absolute atomic E-state index is 0.135. The van der Waals surface area contributed by atoms with E-state index in [1.54, 1.807) is 0 Å². The van der Waals surface area contributed by atoms with Crippen molar-refractivity contribution in [3.63, 3.8) is 0 Å². The summed E-state index contributed by atoms with van der Waals surface area (Å²) >= 11 is 0. The van der Waals surface area contributed by atoms with Gasteiger partial charge in [-0.25, -0.2) is 0 Å². The summed E-state index contributed by atoms with van der Waals surface area (Å²) in [4.78, 5) is 6.57. The molecule has 0 aromatic carbocycles. The van der Waals surface area contributed by atoms with Crippen molar-refractivity contribution in [3.8, 4) is 0 Å². The molecule has 0 atom stereocenters. The largest absolute Gasteiger partial charge is 0.393 e. The smallest absolute Gasteiger partial charge is 0.232 e. The number of rotatable bonds is 3. The molecule has 0 spiro atoms. The fourth-order valence-corrected chi connectivity index (χ4v) is 2.11. The van der Waals surface area contributed by atoms with Gasteiger partial charge < -0.3 is 14.7 Å². The van der Waals surface area contributed by atoms with Crippen LogP contribution >= 0.6 is 0 Å². The first-order chi connectivity index (χ1) is 8.82. The monoisotopic (exact) mass is 269 g/mol.